The summed E-state index contributed by atoms with van der Waals surface area (Å²) in [5, 5.41) is 0. The second-order valence-electron chi connectivity index (χ2n) is 8.10. The molecule has 0 N–H and O–H groups in total. The first-order chi connectivity index (χ1) is 9.41. The van der Waals surface area contributed by atoms with Gasteiger partial charge in [0.05, 0.1) is 0 Å². The van der Waals surface area contributed by atoms with Gasteiger partial charge in [-0.2, -0.15) is 0 Å². The van der Waals surface area contributed by atoms with Crippen LogP contribution in [-0.4, -0.2) is 0 Å². The van der Waals surface area contributed by atoms with E-state index in [-0.39, 0.29) is 0 Å². The molecule has 0 nitrogen and oxygen atoms in total. The quantitative estimate of drug-likeness (QED) is 0.305. The molecule has 0 radical (unpaired) electrons. The molecule has 0 aromatic heterocycles. The van der Waals surface area contributed by atoms with Crippen LogP contribution in [0.3, 0.4) is 0 Å². The van der Waals surface area contributed by atoms with E-state index < -0.39 is 0 Å². The first-order valence-electron chi connectivity index (χ1n) is 9.41. The summed E-state index contributed by atoms with van der Waals surface area (Å²) in [6.07, 6.45) is 15.7. The number of hydrogen-bond acceptors (Lipinski definition) is 0. The highest BCUT2D eigenvalue weighted by Crippen LogP contribution is 2.32. The van der Waals surface area contributed by atoms with Crippen LogP contribution in [-0.2, 0) is 0 Å². The van der Waals surface area contributed by atoms with Crippen LogP contribution >= 0.6 is 0 Å². The van der Waals surface area contributed by atoms with Crippen LogP contribution in [0.5, 0.6) is 0 Å². The predicted molar refractivity (Wildman–Crippen MR) is 94.2 cm³/mol. The molecule has 0 heterocycles. The lowest BCUT2D eigenvalue weighted by Crippen LogP contribution is -2.13. The fourth-order valence-electron chi connectivity index (χ4n) is 2.81. The van der Waals surface area contributed by atoms with Crippen molar-refractivity contribution in [3.63, 3.8) is 0 Å². The van der Waals surface area contributed by atoms with E-state index in [4.69, 9.17) is 0 Å². The maximum atomic E-state index is 2.44. The van der Waals surface area contributed by atoms with Gasteiger partial charge in [-0.3, -0.25) is 0 Å². The van der Waals surface area contributed by atoms with Crippen LogP contribution < -0.4 is 0 Å². The third kappa shape index (κ3) is 11.8. The first kappa shape index (κ1) is 20.0. The van der Waals surface area contributed by atoms with Crippen LogP contribution in [0.4, 0.5) is 0 Å². The molecule has 0 aliphatic heterocycles. The van der Waals surface area contributed by atoms with Crippen LogP contribution in [0.25, 0.3) is 0 Å². The SMILES string of the molecule is CCCCCCCC(CCC(C)C)CCC(C)(C)CC. The highest BCUT2D eigenvalue weighted by molar-refractivity contribution is 4.70. The molecule has 20 heavy (non-hydrogen) atoms. The van der Waals surface area contributed by atoms with Crippen molar-refractivity contribution in [2.24, 2.45) is 17.3 Å². The summed E-state index contributed by atoms with van der Waals surface area (Å²) in [5.41, 5.74) is 0.554. The first-order valence-corrected chi connectivity index (χ1v) is 9.41. The predicted octanol–water partition coefficient (Wildman–Crippen LogP) is 7.62. The molecule has 0 aliphatic carbocycles. The third-order valence-corrected chi connectivity index (χ3v) is 5.05. The lowest BCUT2D eigenvalue weighted by Gasteiger charge is -2.26. The van der Waals surface area contributed by atoms with Gasteiger partial charge in [0.2, 0.25) is 0 Å². The molecular weight excluding hydrogens is 240 g/mol. The van der Waals surface area contributed by atoms with Crippen LogP contribution in [0.1, 0.15) is 112 Å². The molecular formula is C20H42. The maximum absolute atomic E-state index is 2.44. The zero-order valence-corrected chi connectivity index (χ0v) is 15.4. The van der Waals surface area contributed by atoms with E-state index in [0.29, 0.717) is 5.41 Å². The minimum absolute atomic E-state index is 0.554. The summed E-state index contributed by atoms with van der Waals surface area (Å²) >= 11 is 0. The van der Waals surface area contributed by atoms with Gasteiger partial charge in [0, 0.05) is 0 Å². The fourth-order valence-corrected chi connectivity index (χ4v) is 2.81. The Morgan fingerprint density at radius 2 is 1.40 bits per heavy atom. The number of unbranched alkanes of at least 4 members (excludes halogenated alkanes) is 4. The highest BCUT2D eigenvalue weighted by Gasteiger charge is 2.18. The molecule has 1 unspecified atom stereocenters. The van der Waals surface area contributed by atoms with Crippen molar-refractivity contribution in [1.29, 1.82) is 0 Å². The minimum Gasteiger partial charge on any atom is -0.0654 e. The Balaban J connectivity index is 4.00. The lowest BCUT2D eigenvalue weighted by molar-refractivity contribution is 0.261. The standard InChI is InChI=1S/C20H42/c1-7-9-10-11-12-13-19(15-14-18(3)4)16-17-20(5,6)8-2/h18-19H,7-17H2,1-6H3. The molecule has 0 heteroatoms. The van der Waals surface area contributed by atoms with E-state index in [2.05, 4.69) is 41.5 Å². The van der Waals surface area contributed by atoms with Gasteiger partial charge in [-0.15, -0.1) is 0 Å². The van der Waals surface area contributed by atoms with Crippen LogP contribution in [0, 0.1) is 17.3 Å². The fraction of sp³-hybridized carbons (Fsp3) is 1.00. The molecule has 0 fully saturated rings. The summed E-state index contributed by atoms with van der Waals surface area (Å²) in [4.78, 5) is 0. The van der Waals surface area contributed by atoms with Gasteiger partial charge in [0.15, 0.2) is 0 Å². The van der Waals surface area contributed by atoms with Gasteiger partial charge in [-0.1, -0.05) is 99.3 Å². The second kappa shape index (κ2) is 11.6. The van der Waals surface area contributed by atoms with E-state index >= 15 is 0 Å². The van der Waals surface area contributed by atoms with Gasteiger partial charge in [-0.05, 0) is 30.1 Å². The van der Waals surface area contributed by atoms with Gasteiger partial charge in [0.25, 0.3) is 0 Å². The Hall–Kier alpha value is 0. The van der Waals surface area contributed by atoms with Gasteiger partial charge >= 0.3 is 0 Å². The van der Waals surface area contributed by atoms with Crippen molar-refractivity contribution in [3.8, 4) is 0 Å². The topological polar surface area (TPSA) is 0 Å². The molecule has 0 rings (SSSR count). The average Bonchev–Trinajstić information content (AvgIpc) is 2.40. The molecule has 122 valence electrons. The number of hydrogen-bond donors (Lipinski definition) is 0. The third-order valence-electron chi connectivity index (χ3n) is 5.05. The molecule has 0 spiro atoms. The minimum atomic E-state index is 0.554. The molecule has 1 atom stereocenters. The van der Waals surface area contributed by atoms with E-state index in [9.17, 15) is 0 Å². The second-order valence-corrected chi connectivity index (χ2v) is 8.10. The zero-order chi connectivity index (χ0) is 15.4. The van der Waals surface area contributed by atoms with Crippen molar-refractivity contribution < 1.29 is 0 Å². The molecule has 0 aliphatic rings. The van der Waals surface area contributed by atoms with Crippen molar-refractivity contribution in [3.05, 3.63) is 0 Å². The Morgan fingerprint density at radius 1 is 0.750 bits per heavy atom. The van der Waals surface area contributed by atoms with Crippen molar-refractivity contribution in [2.75, 3.05) is 0 Å². The smallest absolute Gasteiger partial charge is 0.0357 e. The Morgan fingerprint density at radius 3 is 1.95 bits per heavy atom. The largest absolute Gasteiger partial charge is 0.0654 e. The molecule has 0 aromatic rings. The molecule has 0 saturated heterocycles. The van der Waals surface area contributed by atoms with Crippen molar-refractivity contribution >= 4 is 0 Å². The summed E-state index contributed by atoms with van der Waals surface area (Å²) < 4.78 is 0. The summed E-state index contributed by atoms with van der Waals surface area (Å²) in [7, 11) is 0. The van der Waals surface area contributed by atoms with Crippen molar-refractivity contribution in [2.45, 2.75) is 112 Å². The summed E-state index contributed by atoms with van der Waals surface area (Å²) in [6.45, 7) is 14.3. The van der Waals surface area contributed by atoms with Gasteiger partial charge in [0.1, 0.15) is 0 Å². The summed E-state index contributed by atoms with van der Waals surface area (Å²) in [6, 6.07) is 0. The zero-order valence-electron chi connectivity index (χ0n) is 15.4. The van der Waals surface area contributed by atoms with Crippen molar-refractivity contribution in [1.82, 2.24) is 0 Å². The Labute approximate surface area is 130 Å². The van der Waals surface area contributed by atoms with E-state index in [0.717, 1.165) is 11.8 Å². The molecule has 0 amide bonds. The number of rotatable bonds is 13. The van der Waals surface area contributed by atoms with E-state index in [1.165, 1.54) is 70.6 Å². The maximum Gasteiger partial charge on any atom is -0.0357 e. The monoisotopic (exact) mass is 282 g/mol. The normalized spacial score (nSPS) is 13.9. The summed E-state index contributed by atoms with van der Waals surface area (Å²) in [5.74, 6) is 1.86. The molecule has 0 saturated carbocycles. The van der Waals surface area contributed by atoms with E-state index in [1.54, 1.807) is 0 Å². The van der Waals surface area contributed by atoms with E-state index in [1.807, 2.05) is 0 Å². The lowest BCUT2D eigenvalue weighted by atomic mass is 9.80. The Bertz CT molecular complexity index is 202. The molecule has 0 bridgehead atoms. The Kier molecular flexibility index (Phi) is 11.6. The molecule has 0 aromatic carbocycles. The van der Waals surface area contributed by atoms with Gasteiger partial charge < -0.3 is 0 Å². The highest BCUT2D eigenvalue weighted by atomic mass is 14.2. The van der Waals surface area contributed by atoms with Crippen LogP contribution in [0.15, 0.2) is 0 Å². The van der Waals surface area contributed by atoms with Crippen LogP contribution in [0.2, 0.25) is 0 Å². The average molecular weight is 283 g/mol. The van der Waals surface area contributed by atoms with Gasteiger partial charge in [-0.25, -0.2) is 0 Å².